The molecule has 12 heteroatoms. The van der Waals surface area contributed by atoms with E-state index < -0.39 is 17.5 Å². The van der Waals surface area contributed by atoms with Crippen molar-refractivity contribution in [1.29, 1.82) is 0 Å². The summed E-state index contributed by atoms with van der Waals surface area (Å²) in [5.41, 5.74) is 0.390. The van der Waals surface area contributed by atoms with Crippen LogP contribution in [0.2, 0.25) is 0 Å². The highest BCUT2D eigenvalue weighted by Gasteiger charge is 2.17. The summed E-state index contributed by atoms with van der Waals surface area (Å²) in [7, 11) is 1.24. The van der Waals surface area contributed by atoms with Crippen LogP contribution in [0, 0.1) is 10.1 Å². The van der Waals surface area contributed by atoms with Gasteiger partial charge in [0.25, 0.3) is 11.6 Å². The Hall–Kier alpha value is -4.09. The number of nitro benzene ring substituents is 1. The van der Waals surface area contributed by atoms with E-state index in [1.165, 1.54) is 43.5 Å². The third-order valence-corrected chi connectivity index (χ3v) is 3.73. The molecule has 0 N–H and O–H groups in total. The smallest absolute Gasteiger partial charge is 0.387 e. The standard InChI is InChI=1S/C18H13F2N3O7/c1-27-14-8-11(4-7-13(14)29-18(19)20)17(24)28-9-15-21-22-16(30-15)10-2-5-12(6-3-10)23(25)26/h2-8,18H,9H2,1H3. The highest BCUT2D eigenvalue weighted by atomic mass is 19.3. The number of methoxy groups -OCH3 is 1. The van der Waals surface area contributed by atoms with Gasteiger partial charge >= 0.3 is 12.6 Å². The van der Waals surface area contributed by atoms with E-state index in [9.17, 15) is 23.7 Å². The van der Waals surface area contributed by atoms with Crippen molar-refractivity contribution in [1.82, 2.24) is 10.2 Å². The first kappa shape index (κ1) is 20.6. The summed E-state index contributed by atoms with van der Waals surface area (Å²) in [6.45, 7) is -3.39. The summed E-state index contributed by atoms with van der Waals surface area (Å²) in [5.74, 6) is -1.00. The molecule has 0 aliphatic heterocycles. The number of rotatable bonds is 8. The topological polar surface area (TPSA) is 127 Å². The van der Waals surface area contributed by atoms with Crippen LogP contribution in [0.3, 0.4) is 0 Å². The summed E-state index contributed by atoms with van der Waals surface area (Å²) >= 11 is 0. The summed E-state index contributed by atoms with van der Waals surface area (Å²) in [4.78, 5) is 22.3. The third kappa shape index (κ3) is 4.84. The largest absolute Gasteiger partial charge is 0.493 e. The molecule has 0 spiro atoms. The lowest BCUT2D eigenvalue weighted by atomic mass is 10.2. The Bertz CT molecular complexity index is 1050. The van der Waals surface area contributed by atoms with E-state index in [1.807, 2.05) is 0 Å². The van der Waals surface area contributed by atoms with Crippen molar-refractivity contribution in [3.8, 4) is 23.0 Å². The van der Waals surface area contributed by atoms with E-state index >= 15 is 0 Å². The SMILES string of the molecule is COc1cc(C(=O)OCc2nnc(-c3ccc([N+](=O)[O-])cc3)o2)ccc1OC(F)F. The maximum atomic E-state index is 12.4. The van der Waals surface area contributed by atoms with Gasteiger partial charge in [-0.3, -0.25) is 10.1 Å². The van der Waals surface area contributed by atoms with Gasteiger partial charge in [0.1, 0.15) is 0 Å². The second-order valence-electron chi connectivity index (χ2n) is 5.63. The monoisotopic (exact) mass is 421 g/mol. The fourth-order valence-corrected chi connectivity index (χ4v) is 2.35. The lowest BCUT2D eigenvalue weighted by Gasteiger charge is -2.10. The number of nitro groups is 1. The molecule has 156 valence electrons. The van der Waals surface area contributed by atoms with Gasteiger partial charge in [0.2, 0.25) is 5.89 Å². The quantitative estimate of drug-likeness (QED) is 0.304. The number of carbonyl (C=O) groups is 1. The lowest BCUT2D eigenvalue weighted by Crippen LogP contribution is -2.07. The molecule has 0 amide bonds. The van der Waals surface area contributed by atoms with E-state index in [-0.39, 0.29) is 41.1 Å². The number of esters is 1. The molecule has 0 unspecified atom stereocenters. The molecule has 0 radical (unpaired) electrons. The molecular weight excluding hydrogens is 408 g/mol. The minimum atomic E-state index is -3.04. The maximum absolute atomic E-state index is 12.4. The second kappa shape index (κ2) is 8.94. The average molecular weight is 421 g/mol. The number of aromatic nitrogens is 2. The van der Waals surface area contributed by atoms with Crippen LogP contribution in [-0.4, -0.2) is 34.8 Å². The van der Waals surface area contributed by atoms with Crippen LogP contribution >= 0.6 is 0 Å². The summed E-state index contributed by atoms with van der Waals surface area (Å²) < 4.78 is 44.4. The third-order valence-electron chi connectivity index (χ3n) is 3.73. The van der Waals surface area contributed by atoms with Crippen LogP contribution in [0.1, 0.15) is 16.2 Å². The van der Waals surface area contributed by atoms with Crippen molar-refractivity contribution in [3.63, 3.8) is 0 Å². The zero-order valence-electron chi connectivity index (χ0n) is 15.3. The number of hydrogen-bond acceptors (Lipinski definition) is 9. The van der Waals surface area contributed by atoms with Gasteiger partial charge in [-0.05, 0) is 30.3 Å². The van der Waals surface area contributed by atoms with Crippen LogP contribution in [0.15, 0.2) is 46.9 Å². The van der Waals surface area contributed by atoms with Gasteiger partial charge in [-0.2, -0.15) is 8.78 Å². The van der Waals surface area contributed by atoms with Gasteiger partial charge < -0.3 is 18.6 Å². The lowest BCUT2D eigenvalue weighted by molar-refractivity contribution is -0.384. The number of carbonyl (C=O) groups excluding carboxylic acids is 1. The minimum absolute atomic E-state index is 0.0127. The Kier molecular flexibility index (Phi) is 6.15. The van der Waals surface area contributed by atoms with E-state index in [1.54, 1.807) is 0 Å². The fourth-order valence-electron chi connectivity index (χ4n) is 2.35. The molecular formula is C18H13F2N3O7. The molecule has 30 heavy (non-hydrogen) atoms. The Balaban J connectivity index is 1.64. The second-order valence-corrected chi connectivity index (χ2v) is 5.63. The van der Waals surface area contributed by atoms with Gasteiger partial charge in [-0.1, -0.05) is 0 Å². The number of nitrogens with zero attached hydrogens (tertiary/aromatic N) is 3. The van der Waals surface area contributed by atoms with Crippen molar-refractivity contribution in [2.75, 3.05) is 7.11 Å². The molecule has 0 atom stereocenters. The molecule has 0 saturated carbocycles. The van der Waals surface area contributed by atoms with E-state index in [0.717, 1.165) is 6.07 Å². The van der Waals surface area contributed by atoms with Gasteiger partial charge in [0, 0.05) is 17.7 Å². The van der Waals surface area contributed by atoms with Crippen LogP contribution < -0.4 is 9.47 Å². The van der Waals surface area contributed by atoms with Crippen LogP contribution in [0.5, 0.6) is 11.5 Å². The summed E-state index contributed by atoms with van der Waals surface area (Å²) in [6, 6.07) is 9.03. The van der Waals surface area contributed by atoms with Crippen molar-refractivity contribution in [2.24, 2.45) is 0 Å². The van der Waals surface area contributed by atoms with Crippen molar-refractivity contribution < 1.29 is 37.1 Å². The molecule has 1 heterocycles. The summed E-state index contributed by atoms with van der Waals surface area (Å²) in [6.07, 6.45) is 0. The molecule has 0 fully saturated rings. The normalized spacial score (nSPS) is 10.7. The first-order valence-corrected chi connectivity index (χ1v) is 8.24. The van der Waals surface area contributed by atoms with Gasteiger partial charge in [-0.25, -0.2) is 4.79 Å². The Morgan fingerprint density at radius 3 is 2.53 bits per heavy atom. The Labute approximate surface area is 167 Å². The van der Waals surface area contributed by atoms with Crippen LogP contribution in [-0.2, 0) is 11.3 Å². The Morgan fingerprint density at radius 2 is 1.90 bits per heavy atom. The maximum Gasteiger partial charge on any atom is 0.387 e. The Morgan fingerprint density at radius 1 is 1.17 bits per heavy atom. The van der Waals surface area contributed by atoms with Gasteiger partial charge in [0.05, 0.1) is 17.6 Å². The highest BCUT2D eigenvalue weighted by Crippen LogP contribution is 2.30. The molecule has 0 saturated heterocycles. The predicted molar refractivity (Wildman–Crippen MR) is 95.1 cm³/mol. The van der Waals surface area contributed by atoms with E-state index in [0.29, 0.717) is 5.56 Å². The van der Waals surface area contributed by atoms with Gasteiger partial charge in [-0.15, -0.1) is 10.2 Å². The number of hydrogen-bond donors (Lipinski definition) is 0. The zero-order valence-corrected chi connectivity index (χ0v) is 15.3. The van der Waals surface area contributed by atoms with Crippen molar-refractivity contribution in [3.05, 3.63) is 64.0 Å². The molecule has 1 aromatic heterocycles. The van der Waals surface area contributed by atoms with Crippen molar-refractivity contribution >= 4 is 11.7 Å². The number of halogens is 2. The predicted octanol–water partition coefficient (Wildman–Crippen LogP) is 3.61. The zero-order chi connectivity index (χ0) is 21.7. The van der Waals surface area contributed by atoms with Crippen LogP contribution in [0.25, 0.3) is 11.5 Å². The highest BCUT2D eigenvalue weighted by molar-refractivity contribution is 5.90. The summed E-state index contributed by atoms with van der Waals surface area (Å²) in [5, 5.41) is 18.2. The molecule has 3 rings (SSSR count). The number of non-ortho nitro benzene ring substituents is 1. The first-order chi connectivity index (χ1) is 14.4. The van der Waals surface area contributed by atoms with E-state index in [4.69, 9.17) is 13.9 Å². The molecule has 10 nitrogen and oxygen atoms in total. The number of ether oxygens (including phenoxy) is 3. The van der Waals surface area contributed by atoms with Crippen molar-refractivity contribution in [2.45, 2.75) is 13.2 Å². The molecule has 3 aromatic rings. The fraction of sp³-hybridized carbons (Fsp3) is 0.167. The first-order valence-electron chi connectivity index (χ1n) is 8.24. The van der Waals surface area contributed by atoms with Gasteiger partial charge in [0.15, 0.2) is 18.1 Å². The molecule has 0 bridgehead atoms. The molecule has 0 aliphatic rings. The molecule has 2 aromatic carbocycles. The van der Waals surface area contributed by atoms with E-state index in [2.05, 4.69) is 14.9 Å². The molecule has 0 aliphatic carbocycles. The van der Waals surface area contributed by atoms with Crippen LogP contribution in [0.4, 0.5) is 14.5 Å². The minimum Gasteiger partial charge on any atom is -0.493 e. The number of alkyl halides is 2. The number of benzene rings is 2. The average Bonchev–Trinajstić information content (AvgIpc) is 3.21.